The van der Waals surface area contributed by atoms with E-state index in [4.69, 9.17) is 9.84 Å². The second kappa shape index (κ2) is 4.90. The van der Waals surface area contributed by atoms with Gasteiger partial charge in [-0.25, -0.2) is 9.59 Å². The lowest BCUT2D eigenvalue weighted by Gasteiger charge is -2.19. The lowest BCUT2D eigenvalue weighted by Crippen LogP contribution is -2.27. The van der Waals surface area contributed by atoms with Gasteiger partial charge in [0, 0.05) is 9.86 Å². The number of fused-ring (bicyclic) bond motifs is 1. The highest BCUT2D eigenvalue weighted by Gasteiger charge is 2.24. The normalized spacial score (nSPS) is 11.6. The summed E-state index contributed by atoms with van der Waals surface area (Å²) < 4.78 is 6.90. The number of nitrogens with zero attached hydrogens (tertiary/aromatic N) is 2. The highest BCUT2D eigenvalue weighted by Crippen LogP contribution is 2.24. The predicted molar refractivity (Wildman–Crippen MR) is 76.0 cm³/mol. The van der Waals surface area contributed by atoms with E-state index in [1.807, 2.05) is 0 Å². The minimum Gasteiger partial charge on any atom is -0.476 e. The summed E-state index contributed by atoms with van der Waals surface area (Å²) in [4.78, 5) is 23.3. The molecule has 0 atom stereocenters. The number of hydrogen-bond acceptors (Lipinski definition) is 4. The van der Waals surface area contributed by atoms with Crippen LogP contribution in [0.4, 0.5) is 4.79 Å². The molecule has 0 aliphatic rings. The molecule has 2 rings (SSSR count). The number of rotatable bonds is 1. The van der Waals surface area contributed by atoms with Crippen LogP contribution in [0.5, 0.6) is 0 Å². The van der Waals surface area contributed by atoms with Crippen LogP contribution < -0.4 is 0 Å². The molecule has 0 fully saturated rings. The highest BCUT2D eigenvalue weighted by molar-refractivity contribution is 9.10. The standard InChI is InChI=1S/C13H13BrN2O4/c1-13(2,3)20-12(19)16-9-6-7(14)4-5-8(9)10(15-16)11(17)18/h4-6H,1-3H3,(H,17,18). The zero-order valence-corrected chi connectivity index (χ0v) is 12.8. The first kappa shape index (κ1) is 14.5. The molecule has 106 valence electrons. The van der Waals surface area contributed by atoms with Crippen LogP contribution in [0.3, 0.4) is 0 Å². The van der Waals surface area contributed by atoms with Gasteiger partial charge in [-0.1, -0.05) is 15.9 Å². The fourth-order valence-electron chi connectivity index (χ4n) is 1.69. The Kier molecular flexibility index (Phi) is 3.56. The number of halogens is 1. The third kappa shape index (κ3) is 2.82. The van der Waals surface area contributed by atoms with Crippen LogP contribution in [0.1, 0.15) is 31.3 Å². The van der Waals surface area contributed by atoms with E-state index in [-0.39, 0.29) is 5.69 Å². The number of aromatic carboxylic acids is 1. The Labute approximate surface area is 123 Å². The van der Waals surface area contributed by atoms with Gasteiger partial charge < -0.3 is 9.84 Å². The van der Waals surface area contributed by atoms with E-state index in [0.717, 1.165) is 4.68 Å². The van der Waals surface area contributed by atoms with Gasteiger partial charge in [-0.2, -0.15) is 9.78 Å². The molecule has 7 heteroatoms. The van der Waals surface area contributed by atoms with E-state index in [1.54, 1.807) is 39.0 Å². The van der Waals surface area contributed by atoms with Crippen molar-refractivity contribution in [2.24, 2.45) is 0 Å². The Morgan fingerprint density at radius 1 is 1.35 bits per heavy atom. The number of carbonyl (C=O) groups excluding carboxylic acids is 1. The van der Waals surface area contributed by atoms with Crippen molar-refractivity contribution in [1.82, 2.24) is 9.78 Å². The molecule has 0 amide bonds. The second-order valence-electron chi connectivity index (χ2n) is 5.21. The van der Waals surface area contributed by atoms with Gasteiger partial charge >= 0.3 is 12.1 Å². The second-order valence-corrected chi connectivity index (χ2v) is 6.12. The van der Waals surface area contributed by atoms with Gasteiger partial charge in [-0.05, 0) is 39.0 Å². The smallest absolute Gasteiger partial charge is 0.435 e. The number of hydrogen-bond donors (Lipinski definition) is 1. The first-order chi connectivity index (χ1) is 9.19. The van der Waals surface area contributed by atoms with Gasteiger partial charge in [0.25, 0.3) is 0 Å². The van der Waals surface area contributed by atoms with Crippen molar-refractivity contribution in [3.05, 3.63) is 28.4 Å². The molecular weight excluding hydrogens is 328 g/mol. The van der Waals surface area contributed by atoms with Crippen LogP contribution in [-0.2, 0) is 4.74 Å². The summed E-state index contributed by atoms with van der Waals surface area (Å²) in [6.45, 7) is 5.18. The molecule has 0 aliphatic carbocycles. The zero-order chi connectivity index (χ0) is 15.1. The van der Waals surface area contributed by atoms with Crippen molar-refractivity contribution in [3.8, 4) is 0 Å². The molecule has 1 heterocycles. The number of benzene rings is 1. The molecule has 1 aromatic heterocycles. The van der Waals surface area contributed by atoms with E-state index in [0.29, 0.717) is 15.4 Å². The molecule has 0 radical (unpaired) electrons. The van der Waals surface area contributed by atoms with Crippen LogP contribution in [0.15, 0.2) is 22.7 Å². The van der Waals surface area contributed by atoms with Crippen molar-refractivity contribution >= 4 is 38.9 Å². The van der Waals surface area contributed by atoms with E-state index in [9.17, 15) is 9.59 Å². The Balaban J connectivity index is 2.61. The zero-order valence-electron chi connectivity index (χ0n) is 11.2. The number of aromatic nitrogens is 2. The third-order valence-corrected chi connectivity index (χ3v) is 2.91. The number of carboxylic acid groups (broad SMARTS) is 1. The molecule has 1 N–H and O–H groups in total. The molecule has 0 saturated heterocycles. The van der Waals surface area contributed by atoms with Crippen LogP contribution in [-0.4, -0.2) is 32.6 Å². The third-order valence-electron chi connectivity index (χ3n) is 2.41. The summed E-state index contributed by atoms with van der Waals surface area (Å²) in [6.07, 6.45) is -0.715. The van der Waals surface area contributed by atoms with Crippen LogP contribution >= 0.6 is 15.9 Å². The Hall–Kier alpha value is -1.89. The van der Waals surface area contributed by atoms with Crippen LogP contribution in [0.25, 0.3) is 10.9 Å². The van der Waals surface area contributed by atoms with E-state index >= 15 is 0 Å². The molecular formula is C13H13BrN2O4. The van der Waals surface area contributed by atoms with E-state index in [1.165, 1.54) is 0 Å². The molecule has 0 aliphatic heterocycles. The minimum absolute atomic E-state index is 0.182. The van der Waals surface area contributed by atoms with Crippen LogP contribution in [0.2, 0.25) is 0 Å². The number of carbonyl (C=O) groups is 2. The van der Waals surface area contributed by atoms with Crippen molar-refractivity contribution in [1.29, 1.82) is 0 Å². The molecule has 0 bridgehead atoms. The van der Waals surface area contributed by atoms with Gasteiger partial charge in [0.15, 0.2) is 5.69 Å². The average molecular weight is 341 g/mol. The molecule has 20 heavy (non-hydrogen) atoms. The first-order valence-corrected chi connectivity index (χ1v) is 6.63. The Morgan fingerprint density at radius 2 is 2.00 bits per heavy atom. The molecule has 0 unspecified atom stereocenters. The summed E-state index contributed by atoms with van der Waals surface area (Å²) in [5.74, 6) is -1.19. The summed E-state index contributed by atoms with van der Waals surface area (Å²) in [7, 11) is 0. The molecule has 0 saturated carbocycles. The fourth-order valence-corrected chi connectivity index (χ4v) is 2.04. The molecule has 0 spiro atoms. The topological polar surface area (TPSA) is 81.4 Å². The van der Waals surface area contributed by atoms with Crippen molar-refractivity contribution in [2.45, 2.75) is 26.4 Å². The van der Waals surface area contributed by atoms with Crippen molar-refractivity contribution in [2.75, 3.05) is 0 Å². The average Bonchev–Trinajstić information content (AvgIpc) is 2.65. The maximum absolute atomic E-state index is 12.1. The first-order valence-electron chi connectivity index (χ1n) is 5.84. The Bertz CT molecular complexity index is 700. The summed E-state index contributed by atoms with van der Waals surface area (Å²) >= 11 is 3.28. The van der Waals surface area contributed by atoms with Crippen molar-refractivity contribution in [3.63, 3.8) is 0 Å². The SMILES string of the molecule is CC(C)(C)OC(=O)n1nc(C(=O)O)c2ccc(Br)cc21. The predicted octanol–water partition coefficient (Wildman–Crippen LogP) is 3.28. The lowest BCUT2D eigenvalue weighted by atomic mass is 10.2. The minimum atomic E-state index is -1.19. The molecule has 6 nitrogen and oxygen atoms in total. The maximum atomic E-state index is 12.1. The largest absolute Gasteiger partial charge is 0.476 e. The van der Waals surface area contributed by atoms with Gasteiger partial charge in [0.1, 0.15) is 5.60 Å². The van der Waals surface area contributed by atoms with Gasteiger partial charge in [-0.3, -0.25) is 0 Å². The maximum Gasteiger partial charge on any atom is 0.435 e. The quantitative estimate of drug-likeness (QED) is 0.861. The molecule has 1 aromatic carbocycles. The monoisotopic (exact) mass is 340 g/mol. The van der Waals surface area contributed by atoms with Gasteiger partial charge in [-0.15, -0.1) is 0 Å². The summed E-state index contributed by atoms with van der Waals surface area (Å²) in [5.41, 5.74) is -0.491. The lowest BCUT2D eigenvalue weighted by molar-refractivity contribution is 0.0521. The van der Waals surface area contributed by atoms with Gasteiger partial charge in [0.05, 0.1) is 5.52 Å². The Morgan fingerprint density at radius 3 is 2.55 bits per heavy atom. The summed E-state index contributed by atoms with van der Waals surface area (Å²) in [6, 6.07) is 4.91. The highest BCUT2D eigenvalue weighted by atomic mass is 79.9. The fraction of sp³-hybridized carbons (Fsp3) is 0.308. The summed E-state index contributed by atoms with van der Waals surface area (Å²) in [5, 5.41) is 13.4. The van der Waals surface area contributed by atoms with E-state index in [2.05, 4.69) is 21.0 Å². The number of carboxylic acids is 1. The number of ether oxygens (including phenoxy) is 1. The van der Waals surface area contributed by atoms with Crippen LogP contribution in [0, 0.1) is 0 Å². The molecule has 2 aromatic rings. The van der Waals surface area contributed by atoms with E-state index < -0.39 is 17.7 Å². The van der Waals surface area contributed by atoms with Gasteiger partial charge in [0.2, 0.25) is 0 Å². The van der Waals surface area contributed by atoms with Crippen molar-refractivity contribution < 1.29 is 19.4 Å².